The van der Waals surface area contributed by atoms with Crippen LogP contribution in [-0.4, -0.2) is 15.0 Å². The standard InChI is InChI=1S/C47H29N3O/c1-3-14-31(15-4-1)35-21-11-23-41-43-39(22-12-24-42(43)51-44(35)41)38-27-28-40(37-20-10-9-19-36(37)38)47-49-45(32-16-5-2-6-17-32)48-46(50-47)34-26-25-30-13-7-8-18-33(30)29-34/h1-29H. The number of aromatic nitrogens is 3. The molecule has 0 unspecified atom stereocenters. The van der Waals surface area contributed by atoms with Crippen molar-refractivity contribution in [2.75, 3.05) is 0 Å². The van der Waals surface area contributed by atoms with Gasteiger partial charge in [-0.1, -0.05) is 158 Å². The molecule has 238 valence electrons. The van der Waals surface area contributed by atoms with Gasteiger partial charge in [-0.05, 0) is 56.4 Å². The maximum absolute atomic E-state index is 6.62. The lowest BCUT2D eigenvalue weighted by Crippen LogP contribution is -2.00. The minimum absolute atomic E-state index is 0.634. The van der Waals surface area contributed by atoms with Crippen LogP contribution in [0.1, 0.15) is 0 Å². The molecule has 0 spiro atoms. The Kier molecular flexibility index (Phi) is 6.78. The molecule has 0 aliphatic rings. The van der Waals surface area contributed by atoms with Crippen LogP contribution in [0, 0.1) is 0 Å². The van der Waals surface area contributed by atoms with Crippen LogP contribution in [0.2, 0.25) is 0 Å². The van der Waals surface area contributed by atoms with Gasteiger partial charge in [0.1, 0.15) is 11.2 Å². The summed E-state index contributed by atoms with van der Waals surface area (Å²) in [5.74, 6) is 1.91. The quantitative estimate of drug-likeness (QED) is 0.186. The predicted octanol–water partition coefficient (Wildman–Crippen LogP) is 12.4. The number of fused-ring (bicyclic) bond motifs is 5. The van der Waals surface area contributed by atoms with Gasteiger partial charge in [0.15, 0.2) is 17.5 Å². The molecule has 0 atom stereocenters. The lowest BCUT2D eigenvalue weighted by atomic mass is 9.92. The Labute approximate surface area is 294 Å². The Hall–Kier alpha value is -6.91. The smallest absolute Gasteiger partial charge is 0.164 e. The van der Waals surface area contributed by atoms with E-state index in [1.165, 1.54) is 5.39 Å². The van der Waals surface area contributed by atoms with Crippen molar-refractivity contribution in [3.8, 4) is 56.4 Å². The summed E-state index contributed by atoms with van der Waals surface area (Å²) in [6.45, 7) is 0. The van der Waals surface area contributed by atoms with Crippen LogP contribution in [0.4, 0.5) is 0 Å². The van der Waals surface area contributed by atoms with Gasteiger partial charge in [0.25, 0.3) is 0 Å². The maximum Gasteiger partial charge on any atom is 0.164 e. The van der Waals surface area contributed by atoms with E-state index in [2.05, 4.69) is 140 Å². The minimum atomic E-state index is 0.634. The SMILES string of the molecule is c1ccc(-c2nc(-c3ccc4ccccc4c3)nc(-c3ccc(-c4cccc5oc6c(-c7ccccc7)cccc6c45)c4ccccc34)n2)cc1. The third-order valence-electron chi connectivity index (χ3n) is 9.74. The van der Waals surface area contributed by atoms with Crippen LogP contribution < -0.4 is 0 Å². The van der Waals surface area contributed by atoms with Crippen molar-refractivity contribution in [3.63, 3.8) is 0 Å². The third-order valence-corrected chi connectivity index (χ3v) is 9.74. The second kappa shape index (κ2) is 11.9. The number of para-hydroxylation sites is 1. The fraction of sp³-hybridized carbons (Fsp3) is 0. The van der Waals surface area contributed by atoms with Gasteiger partial charge >= 0.3 is 0 Å². The molecule has 10 rings (SSSR count). The zero-order valence-corrected chi connectivity index (χ0v) is 27.5. The highest BCUT2D eigenvalue weighted by Gasteiger charge is 2.20. The number of benzene rings is 8. The molecular formula is C47H29N3O. The molecule has 8 aromatic carbocycles. The first-order valence-corrected chi connectivity index (χ1v) is 17.1. The van der Waals surface area contributed by atoms with Gasteiger partial charge in [0, 0.05) is 33.0 Å². The summed E-state index contributed by atoms with van der Waals surface area (Å²) in [5.41, 5.74) is 9.07. The Morgan fingerprint density at radius 1 is 0.333 bits per heavy atom. The molecule has 2 aromatic heterocycles. The third kappa shape index (κ3) is 4.96. The Bertz CT molecular complexity index is 2910. The zero-order valence-electron chi connectivity index (χ0n) is 27.5. The van der Waals surface area contributed by atoms with Crippen LogP contribution in [0.5, 0.6) is 0 Å². The van der Waals surface area contributed by atoms with E-state index in [0.717, 1.165) is 77.0 Å². The molecule has 0 aliphatic carbocycles. The largest absolute Gasteiger partial charge is 0.455 e. The molecular weight excluding hydrogens is 623 g/mol. The van der Waals surface area contributed by atoms with Gasteiger partial charge < -0.3 is 4.42 Å². The van der Waals surface area contributed by atoms with Crippen LogP contribution in [-0.2, 0) is 0 Å². The average Bonchev–Trinajstić information content (AvgIpc) is 3.60. The number of hydrogen-bond donors (Lipinski definition) is 0. The van der Waals surface area contributed by atoms with Gasteiger partial charge in [-0.2, -0.15) is 0 Å². The molecule has 0 fully saturated rings. The first-order valence-electron chi connectivity index (χ1n) is 17.1. The molecule has 4 nitrogen and oxygen atoms in total. The van der Waals surface area contributed by atoms with E-state index in [0.29, 0.717) is 17.5 Å². The fourth-order valence-corrected chi connectivity index (χ4v) is 7.32. The summed E-state index contributed by atoms with van der Waals surface area (Å²) in [5, 5.41) is 6.71. The van der Waals surface area contributed by atoms with E-state index < -0.39 is 0 Å². The van der Waals surface area contributed by atoms with Crippen molar-refractivity contribution in [3.05, 3.63) is 176 Å². The minimum Gasteiger partial charge on any atom is -0.455 e. The maximum atomic E-state index is 6.62. The van der Waals surface area contributed by atoms with Gasteiger partial charge in [-0.15, -0.1) is 0 Å². The summed E-state index contributed by atoms with van der Waals surface area (Å²) in [7, 11) is 0. The van der Waals surface area contributed by atoms with Crippen LogP contribution in [0.25, 0.3) is 99.9 Å². The monoisotopic (exact) mass is 651 g/mol. The van der Waals surface area contributed by atoms with E-state index in [9.17, 15) is 0 Å². The van der Waals surface area contributed by atoms with E-state index in [1.807, 2.05) is 36.4 Å². The molecule has 4 heteroatoms. The lowest BCUT2D eigenvalue weighted by molar-refractivity contribution is 0.670. The number of nitrogens with zero attached hydrogens (tertiary/aromatic N) is 3. The van der Waals surface area contributed by atoms with Crippen LogP contribution in [0.15, 0.2) is 180 Å². The van der Waals surface area contributed by atoms with Crippen molar-refractivity contribution in [2.45, 2.75) is 0 Å². The molecule has 0 saturated heterocycles. The highest BCUT2D eigenvalue weighted by atomic mass is 16.3. The van der Waals surface area contributed by atoms with Crippen molar-refractivity contribution in [1.29, 1.82) is 0 Å². The fourth-order valence-electron chi connectivity index (χ4n) is 7.32. The van der Waals surface area contributed by atoms with E-state index in [4.69, 9.17) is 19.4 Å². The molecule has 2 heterocycles. The molecule has 51 heavy (non-hydrogen) atoms. The summed E-state index contributed by atoms with van der Waals surface area (Å²) in [6.07, 6.45) is 0. The molecule has 10 aromatic rings. The van der Waals surface area contributed by atoms with Gasteiger partial charge in [0.2, 0.25) is 0 Å². The molecule has 0 amide bonds. The first kappa shape index (κ1) is 29.0. The summed E-state index contributed by atoms with van der Waals surface area (Å²) in [4.78, 5) is 15.2. The second-order valence-electron chi connectivity index (χ2n) is 12.8. The molecule has 0 radical (unpaired) electrons. The van der Waals surface area contributed by atoms with Gasteiger partial charge in [-0.3, -0.25) is 0 Å². The number of furan rings is 1. The summed E-state index contributed by atoms with van der Waals surface area (Å²) < 4.78 is 6.62. The van der Waals surface area contributed by atoms with Crippen molar-refractivity contribution < 1.29 is 4.42 Å². The van der Waals surface area contributed by atoms with Gasteiger partial charge in [-0.25, -0.2) is 15.0 Å². The topological polar surface area (TPSA) is 51.8 Å². The van der Waals surface area contributed by atoms with E-state index in [-0.39, 0.29) is 0 Å². The average molecular weight is 652 g/mol. The summed E-state index contributed by atoms with van der Waals surface area (Å²) in [6, 6.07) is 61.0. The van der Waals surface area contributed by atoms with Crippen molar-refractivity contribution in [2.24, 2.45) is 0 Å². The normalized spacial score (nSPS) is 11.5. The predicted molar refractivity (Wildman–Crippen MR) is 209 cm³/mol. The Morgan fingerprint density at radius 2 is 0.922 bits per heavy atom. The number of hydrogen-bond acceptors (Lipinski definition) is 4. The Balaban J connectivity index is 1.18. The van der Waals surface area contributed by atoms with E-state index >= 15 is 0 Å². The molecule has 0 bridgehead atoms. The Morgan fingerprint density at radius 3 is 1.73 bits per heavy atom. The van der Waals surface area contributed by atoms with Crippen molar-refractivity contribution in [1.82, 2.24) is 15.0 Å². The number of rotatable bonds is 5. The van der Waals surface area contributed by atoms with Crippen LogP contribution >= 0.6 is 0 Å². The van der Waals surface area contributed by atoms with Gasteiger partial charge in [0.05, 0.1) is 0 Å². The first-order chi connectivity index (χ1) is 25.3. The second-order valence-corrected chi connectivity index (χ2v) is 12.8. The summed E-state index contributed by atoms with van der Waals surface area (Å²) >= 11 is 0. The molecule has 0 N–H and O–H groups in total. The molecule has 0 aliphatic heterocycles. The highest BCUT2D eigenvalue weighted by Crippen LogP contribution is 2.43. The van der Waals surface area contributed by atoms with Crippen LogP contribution in [0.3, 0.4) is 0 Å². The zero-order chi connectivity index (χ0) is 33.7. The molecule has 0 saturated carbocycles. The lowest BCUT2D eigenvalue weighted by Gasteiger charge is -2.14. The highest BCUT2D eigenvalue weighted by molar-refractivity contribution is 6.18. The van der Waals surface area contributed by atoms with Crippen molar-refractivity contribution >= 4 is 43.5 Å². The van der Waals surface area contributed by atoms with E-state index in [1.54, 1.807) is 0 Å².